The van der Waals surface area contributed by atoms with E-state index in [-0.39, 0.29) is 50.6 Å². The summed E-state index contributed by atoms with van der Waals surface area (Å²) in [5, 5.41) is 19.5. The Morgan fingerprint density at radius 3 is 2.38 bits per heavy atom. The minimum absolute atomic E-state index is 0.00945. The van der Waals surface area contributed by atoms with Crippen LogP contribution >= 0.6 is 0 Å². The zero-order valence-electron chi connectivity index (χ0n) is 22.8. The fourth-order valence-electron chi connectivity index (χ4n) is 6.25. The molecule has 2 aliphatic heterocycles. The lowest BCUT2D eigenvalue weighted by Gasteiger charge is -2.47. The second kappa shape index (κ2) is 11.4. The molecule has 2 aromatic rings. The van der Waals surface area contributed by atoms with Gasteiger partial charge in [0.1, 0.15) is 5.82 Å². The number of rotatable bonds is 7. The van der Waals surface area contributed by atoms with Crippen LogP contribution in [0.15, 0.2) is 42.5 Å². The van der Waals surface area contributed by atoms with Crippen molar-refractivity contribution in [3.05, 3.63) is 70.5 Å². The van der Waals surface area contributed by atoms with Crippen molar-refractivity contribution in [2.24, 2.45) is 5.41 Å². The number of aryl methyl sites for hydroxylation is 1. The van der Waals surface area contributed by atoms with Crippen molar-refractivity contribution in [2.45, 2.75) is 57.4 Å². The van der Waals surface area contributed by atoms with Gasteiger partial charge in [0.25, 0.3) is 0 Å². The molecule has 0 aliphatic carbocycles. The molecule has 7 nitrogen and oxygen atoms in total. The molecule has 0 bridgehead atoms. The summed E-state index contributed by atoms with van der Waals surface area (Å²) in [5.74, 6) is -1.20. The first-order valence-corrected chi connectivity index (χ1v) is 13.3. The number of fused-ring (bicyclic) bond motifs is 1. The minimum atomic E-state index is -4.74. The summed E-state index contributed by atoms with van der Waals surface area (Å²) >= 11 is 0. The van der Waals surface area contributed by atoms with Crippen LogP contribution in [0.5, 0.6) is 0 Å². The molecule has 2 saturated heterocycles. The van der Waals surface area contributed by atoms with Crippen molar-refractivity contribution >= 4 is 11.9 Å². The number of benzene rings is 2. The van der Waals surface area contributed by atoms with E-state index in [2.05, 4.69) is 0 Å². The van der Waals surface area contributed by atoms with Crippen LogP contribution < -0.4 is 0 Å². The van der Waals surface area contributed by atoms with Crippen molar-refractivity contribution in [1.82, 2.24) is 14.7 Å². The second-order valence-corrected chi connectivity index (χ2v) is 10.8. The number of urea groups is 1. The van der Waals surface area contributed by atoms with Gasteiger partial charge in [0.15, 0.2) is 0 Å². The number of carbonyl (C=O) groups is 2. The molecule has 3 amide bonds. The van der Waals surface area contributed by atoms with Crippen molar-refractivity contribution in [1.29, 1.82) is 0 Å². The van der Waals surface area contributed by atoms with Crippen molar-refractivity contribution in [2.75, 3.05) is 33.4 Å². The molecule has 2 aliphatic rings. The van der Waals surface area contributed by atoms with Gasteiger partial charge in [0, 0.05) is 33.4 Å². The topological polar surface area (TPSA) is 84.3 Å². The molecule has 3 atom stereocenters. The van der Waals surface area contributed by atoms with Crippen LogP contribution in [0.2, 0.25) is 0 Å². The Bertz CT molecular complexity index is 1250. The average molecular weight is 566 g/mol. The quantitative estimate of drug-likeness (QED) is 0.478. The Morgan fingerprint density at radius 2 is 1.77 bits per heavy atom. The molecule has 0 aromatic heterocycles. The van der Waals surface area contributed by atoms with Gasteiger partial charge in [-0.1, -0.05) is 24.3 Å². The van der Waals surface area contributed by atoms with E-state index in [9.17, 15) is 37.4 Å². The van der Waals surface area contributed by atoms with Gasteiger partial charge in [-0.15, -0.1) is 0 Å². The van der Waals surface area contributed by atoms with Gasteiger partial charge in [-0.25, -0.2) is 9.18 Å². The van der Waals surface area contributed by atoms with Gasteiger partial charge in [0.2, 0.25) is 5.91 Å². The molecule has 2 heterocycles. The third-order valence-corrected chi connectivity index (χ3v) is 8.54. The smallest absolute Gasteiger partial charge is 0.396 e. The molecule has 2 N–H and O–H groups in total. The van der Waals surface area contributed by atoms with Gasteiger partial charge in [-0.05, 0) is 68.0 Å². The molecular formula is C29H35F4N3O4. The highest BCUT2D eigenvalue weighted by molar-refractivity contribution is 5.86. The summed E-state index contributed by atoms with van der Waals surface area (Å²) in [6.45, 7) is 3.40. The highest BCUT2D eigenvalue weighted by Crippen LogP contribution is 2.49. The van der Waals surface area contributed by atoms with E-state index in [0.29, 0.717) is 12.5 Å². The summed E-state index contributed by atoms with van der Waals surface area (Å²) in [6, 6.07) is 7.41. The van der Waals surface area contributed by atoms with E-state index >= 15 is 0 Å². The predicted molar refractivity (Wildman–Crippen MR) is 140 cm³/mol. The third-order valence-electron chi connectivity index (χ3n) is 8.54. The van der Waals surface area contributed by atoms with Crippen LogP contribution in [-0.4, -0.2) is 76.2 Å². The number of piperazine rings is 1. The average Bonchev–Trinajstić information content (AvgIpc) is 3.18. The highest BCUT2D eigenvalue weighted by atomic mass is 19.4. The van der Waals surface area contributed by atoms with Crippen molar-refractivity contribution in [3.63, 3.8) is 0 Å². The lowest BCUT2D eigenvalue weighted by Crippen LogP contribution is -2.57. The number of nitrogens with zero attached hydrogens (tertiary/aromatic N) is 3. The Labute approximate surface area is 231 Å². The van der Waals surface area contributed by atoms with E-state index in [1.807, 2.05) is 31.2 Å². The number of carbonyl (C=O) groups excluding carboxylic acids is 2. The van der Waals surface area contributed by atoms with E-state index in [0.717, 1.165) is 23.3 Å². The number of amides is 3. The molecule has 0 saturated carbocycles. The molecule has 218 valence electrons. The number of aliphatic hydroxyl groups excluding tert-OH is 2. The van der Waals surface area contributed by atoms with Crippen LogP contribution in [0.4, 0.5) is 22.4 Å². The number of alkyl halides is 3. The maximum Gasteiger partial charge on any atom is 0.416 e. The summed E-state index contributed by atoms with van der Waals surface area (Å²) in [5.41, 5.74) is -0.348. The maximum atomic E-state index is 14.2. The summed E-state index contributed by atoms with van der Waals surface area (Å²) in [4.78, 5) is 32.3. The van der Waals surface area contributed by atoms with E-state index in [4.69, 9.17) is 0 Å². The van der Waals surface area contributed by atoms with Crippen molar-refractivity contribution in [3.8, 4) is 0 Å². The number of halogens is 4. The van der Waals surface area contributed by atoms with Crippen molar-refractivity contribution < 1.29 is 37.4 Å². The van der Waals surface area contributed by atoms with Gasteiger partial charge >= 0.3 is 12.2 Å². The Balaban J connectivity index is 1.71. The predicted octanol–water partition coefficient (Wildman–Crippen LogP) is 4.67. The lowest BCUT2D eigenvalue weighted by atomic mass is 9.77. The number of hydrogen-bond acceptors (Lipinski definition) is 4. The molecule has 11 heteroatoms. The van der Waals surface area contributed by atoms with E-state index < -0.39 is 47.1 Å². The molecule has 0 radical (unpaired) electrons. The van der Waals surface area contributed by atoms with Gasteiger partial charge < -0.3 is 24.9 Å². The standard InChI is InChI=1S/C29H35F4N3O4/c1-18-6-4-5-7-23(18)25-24-17-28(8-12-37,9-13-38)26(39)35(24)10-11-36(25)27(40)34(3)19(2)20-14-21(29(31,32)33)16-22(30)15-20/h4-7,14-16,19,24-25,37-38H,8-13,17H2,1-3H3/t19-,24-,25-/m0/s1. The maximum absolute atomic E-state index is 14.2. The number of aliphatic hydroxyl groups is 2. The monoisotopic (exact) mass is 565 g/mol. The molecular weight excluding hydrogens is 530 g/mol. The minimum Gasteiger partial charge on any atom is -0.396 e. The molecule has 0 unspecified atom stereocenters. The number of hydrogen-bond donors (Lipinski definition) is 2. The van der Waals surface area contributed by atoms with Crippen LogP contribution in [0, 0.1) is 18.2 Å². The van der Waals surface area contributed by atoms with Gasteiger partial charge in [-0.2, -0.15) is 13.2 Å². The Kier molecular flexibility index (Phi) is 8.46. The molecule has 40 heavy (non-hydrogen) atoms. The first-order chi connectivity index (χ1) is 18.8. The largest absolute Gasteiger partial charge is 0.416 e. The van der Waals surface area contributed by atoms with Crippen LogP contribution in [0.25, 0.3) is 0 Å². The fourth-order valence-corrected chi connectivity index (χ4v) is 6.25. The fraction of sp³-hybridized carbons (Fsp3) is 0.517. The Hall–Kier alpha value is -3.18. The second-order valence-electron chi connectivity index (χ2n) is 10.8. The van der Waals surface area contributed by atoms with E-state index in [1.54, 1.807) is 16.7 Å². The summed E-state index contributed by atoms with van der Waals surface area (Å²) in [6.07, 6.45) is -4.04. The normalized spacial score (nSPS) is 21.4. The lowest BCUT2D eigenvalue weighted by molar-refractivity contribution is -0.140. The molecule has 2 fully saturated rings. The summed E-state index contributed by atoms with van der Waals surface area (Å²) < 4.78 is 54.2. The first-order valence-electron chi connectivity index (χ1n) is 13.3. The highest BCUT2D eigenvalue weighted by Gasteiger charge is 2.56. The SMILES string of the molecule is Cc1ccccc1[C@H]1[C@@H]2CC(CCO)(CCO)C(=O)N2CCN1C(=O)N(C)[C@@H](C)c1cc(F)cc(C(F)(F)F)c1. The van der Waals surface area contributed by atoms with Crippen LogP contribution in [-0.2, 0) is 11.0 Å². The Morgan fingerprint density at radius 1 is 1.12 bits per heavy atom. The van der Waals surface area contributed by atoms with Crippen LogP contribution in [0.3, 0.4) is 0 Å². The molecule has 0 spiro atoms. The van der Waals surface area contributed by atoms with Gasteiger partial charge in [0.05, 0.1) is 29.1 Å². The van der Waals surface area contributed by atoms with E-state index in [1.165, 1.54) is 11.9 Å². The van der Waals surface area contributed by atoms with Gasteiger partial charge in [-0.3, -0.25) is 4.79 Å². The van der Waals surface area contributed by atoms with Crippen LogP contribution in [0.1, 0.15) is 60.5 Å². The summed E-state index contributed by atoms with van der Waals surface area (Å²) in [7, 11) is 1.47. The molecule has 2 aromatic carbocycles. The molecule has 4 rings (SSSR count). The zero-order valence-corrected chi connectivity index (χ0v) is 22.8. The third kappa shape index (κ3) is 5.41. The first kappa shape index (κ1) is 29.8. The zero-order chi connectivity index (χ0) is 29.4.